The number of halogens is 1. The zero-order chi connectivity index (χ0) is 19.2. The molecule has 2 heterocycles. The van der Waals surface area contributed by atoms with Crippen molar-refractivity contribution < 1.29 is 18.7 Å². The van der Waals surface area contributed by atoms with Crippen LogP contribution >= 0.6 is 11.3 Å². The molecule has 1 fully saturated rings. The Kier molecular flexibility index (Phi) is 6.54. The van der Waals surface area contributed by atoms with Crippen molar-refractivity contribution in [3.63, 3.8) is 0 Å². The Morgan fingerprint density at radius 2 is 1.78 bits per heavy atom. The molecule has 1 aliphatic rings. The Balaban J connectivity index is 1.45. The van der Waals surface area contributed by atoms with Crippen molar-refractivity contribution in [3.05, 3.63) is 52.7 Å². The number of esters is 1. The third-order valence-corrected chi connectivity index (χ3v) is 5.30. The summed E-state index contributed by atoms with van der Waals surface area (Å²) in [5.74, 6) is -0.828. The van der Waals surface area contributed by atoms with Gasteiger partial charge in [0.15, 0.2) is 0 Å². The summed E-state index contributed by atoms with van der Waals surface area (Å²) in [6.45, 7) is 4.31. The molecule has 1 N–H and O–H groups in total. The number of anilines is 1. The van der Waals surface area contributed by atoms with Gasteiger partial charge >= 0.3 is 5.97 Å². The Morgan fingerprint density at radius 1 is 1.11 bits per heavy atom. The number of nitrogens with zero attached hydrogens (tertiary/aromatic N) is 2. The quantitative estimate of drug-likeness (QED) is 0.767. The van der Waals surface area contributed by atoms with E-state index in [2.05, 4.69) is 15.1 Å². The van der Waals surface area contributed by atoms with E-state index in [0.29, 0.717) is 10.6 Å². The smallest absolute Gasteiger partial charge is 0.340 e. The van der Waals surface area contributed by atoms with Crippen LogP contribution in [0, 0.1) is 5.82 Å². The van der Waals surface area contributed by atoms with Gasteiger partial charge in [-0.2, -0.15) is 0 Å². The molecule has 0 spiro atoms. The molecule has 2 aromatic rings. The van der Waals surface area contributed by atoms with Crippen LogP contribution in [0.3, 0.4) is 0 Å². The maximum absolute atomic E-state index is 13.0. The molecule has 0 radical (unpaired) electrons. The zero-order valence-corrected chi connectivity index (χ0v) is 15.9. The first kappa shape index (κ1) is 19.5. The van der Waals surface area contributed by atoms with Gasteiger partial charge in [0.25, 0.3) is 0 Å². The summed E-state index contributed by atoms with van der Waals surface area (Å²) >= 11 is 1.30. The van der Waals surface area contributed by atoms with Crippen LogP contribution < -0.4 is 5.32 Å². The SMILES string of the molecule is COC(=O)c1ccsc1NC(=O)CN1CCN(Cc2ccc(F)cc2)CC1. The normalized spacial score (nSPS) is 15.5. The third-order valence-electron chi connectivity index (χ3n) is 4.48. The van der Waals surface area contributed by atoms with Gasteiger partial charge in [-0.1, -0.05) is 12.1 Å². The monoisotopic (exact) mass is 391 g/mol. The molecule has 144 valence electrons. The lowest BCUT2D eigenvalue weighted by molar-refractivity contribution is -0.117. The standard InChI is InChI=1S/C19H22FN3O3S/c1-26-19(25)16-6-11-27-18(16)21-17(24)13-23-9-7-22(8-10-23)12-14-2-4-15(20)5-3-14/h2-6,11H,7-10,12-13H2,1H3,(H,21,24). The van der Waals surface area contributed by atoms with Crippen LogP contribution in [-0.4, -0.2) is 61.5 Å². The number of methoxy groups -OCH3 is 1. The highest BCUT2D eigenvalue weighted by Gasteiger charge is 2.21. The van der Waals surface area contributed by atoms with Crippen molar-refractivity contribution >= 4 is 28.2 Å². The van der Waals surface area contributed by atoms with Crippen LogP contribution in [0.25, 0.3) is 0 Å². The van der Waals surface area contributed by atoms with Gasteiger partial charge in [-0.05, 0) is 29.1 Å². The first-order valence-electron chi connectivity index (χ1n) is 8.70. The van der Waals surface area contributed by atoms with Gasteiger partial charge in [-0.3, -0.25) is 14.6 Å². The van der Waals surface area contributed by atoms with Crippen molar-refractivity contribution in [2.24, 2.45) is 0 Å². The molecule has 0 bridgehead atoms. The van der Waals surface area contributed by atoms with Gasteiger partial charge in [0.1, 0.15) is 10.8 Å². The predicted octanol–water partition coefficient (Wildman–Crippen LogP) is 2.43. The van der Waals surface area contributed by atoms with Crippen LogP contribution in [0.5, 0.6) is 0 Å². The highest BCUT2D eigenvalue weighted by molar-refractivity contribution is 7.14. The second-order valence-electron chi connectivity index (χ2n) is 6.38. The van der Waals surface area contributed by atoms with Crippen molar-refractivity contribution in [1.82, 2.24) is 9.80 Å². The van der Waals surface area contributed by atoms with Crippen LogP contribution in [0.1, 0.15) is 15.9 Å². The zero-order valence-electron chi connectivity index (χ0n) is 15.1. The molecule has 1 saturated heterocycles. The fraction of sp³-hybridized carbons (Fsp3) is 0.368. The fourth-order valence-electron chi connectivity index (χ4n) is 3.00. The number of carbonyl (C=O) groups is 2. The molecular formula is C19H22FN3O3S. The lowest BCUT2D eigenvalue weighted by Gasteiger charge is -2.34. The molecule has 27 heavy (non-hydrogen) atoms. The summed E-state index contributed by atoms with van der Waals surface area (Å²) in [6.07, 6.45) is 0. The molecule has 1 amide bonds. The second-order valence-corrected chi connectivity index (χ2v) is 7.30. The topological polar surface area (TPSA) is 61.9 Å². The van der Waals surface area contributed by atoms with Crippen LogP contribution in [0.2, 0.25) is 0 Å². The average molecular weight is 391 g/mol. The Bertz CT molecular complexity index is 786. The minimum absolute atomic E-state index is 0.144. The molecule has 1 aromatic heterocycles. The van der Waals surface area contributed by atoms with E-state index in [1.54, 1.807) is 23.6 Å². The Hall–Kier alpha value is -2.29. The maximum atomic E-state index is 13.0. The number of carbonyl (C=O) groups excluding carboxylic acids is 2. The van der Waals surface area contributed by atoms with E-state index in [0.717, 1.165) is 38.3 Å². The molecular weight excluding hydrogens is 369 g/mol. The van der Waals surface area contributed by atoms with Crippen molar-refractivity contribution in [3.8, 4) is 0 Å². The second kappa shape index (κ2) is 9.07. The largest absolute Gasteiger partial charge is 0.465 e. The molecule has 1 aromatic carbocycles. The van der Waals surface area contributed by atoms with E-state index in [4.69, 9.17) is 4.74 Å². The number of hydrogen-bond acceptors (Lipinski definition) is 6. The fourth-order valence-corrected chi connectivity index (χ4v) is 3.79. The van der Waals surface area contributed by atoms with Crippen molar-refractivity contribution in [1.29, 1.82) is 0 Å². The third kappa shape index (κ3) is 5.35. The van der Waals surface area contributed by atoms with Gasteiger partial charge < -0.3 is 10.1 Å². The Labute approximate surface area is 161 Å². The molecule has 0 aliphatic carbocycles. The molecule has 0 unspecified atom stereocenters. The summed E-state index contributed by atoms with van der Waals surface area (Å²) in [6, 6.07) is 8.19. The molecule has 6 nitrogen and oxygen atoms in total. The summed E-state index contributed by atoms with van der Waals surface area (Å²) in [4.78, 5) is 28.3. The van der Waals surface area contributed by atoms with Gasteiger partial charge in [0.2, 0.25) is 5.91 Å². The lowest BCUT2D eigenvalue weighted by Crippen LogP contribution is -2.48. The summed E-state index contributed by atoms with van der Waals surface area (Å²) in [7, 11) is 1.32. The first-order chi connectivity index (χ1) is 13.0. The van der Waals surface area contributed by atoms with Crippen LogP contribution in [0.4, 0.5) is 9.39 Å². The average Bonchev–Trinajstić information content (AvgIpc) is 3.12. The number of nitrogens with one attached hydrogen (secondary N) is 1. The molecule has 8 heteroatoms. The van der Waals surface area contributed by atoms with E-state index in [1.165, 1.54) is 30.6 Å². The molecule has 1 aliphatic heterocycles. The number of ether oxygens (including phenoxy) is 1. The minimum atomic E-state index is -0.457. The number of piperazine rings is 1. The van der Waals surface area contributed by atoms with E-state index >= 15 is 0 Å². The van der Waals surface area contributed by atoms with Gasteiger partial charge in [0, 0.05) is 32.7 Å². The van der Waals surface area contributed by atoms with E-state index in [1.807, 2.05) is 0 Å². The highest BCUT2D eigenvalue weighted by atomic mass is 32.1. The van der Waals surface area contributed by atoms with Gasteiger partial charge in [0.05, 0.1) is 19.2 Å². The highest BCUT2D eigenvalue weighted by Crippen LogP contribution is 2.23. The number of amides is 1. The number of thiophene rings is 1. The first-order valence-corrected chi connectivity index (χ1v) is 9.58. The summed E-state index contributed by atoms with van der Waals surface area (Å²) in [5.41, 5.74) is 1.45. The van der Waals surface area contributed by atoms with E-state index in [-0.39, 0.29) is 18.3 Å². The predicted molar refractivity (Wildman–Crippen MR) is 102 cm³/mol. The van der Waals surface area contributed by atoms with Crippen molar-refractivity contribution in [2.45, 2.75) is 6.54 Å². The number of rotatable bonds is 6. The number of benzene rings is 1. The maximum Gasteiger partial charge on any atom is 0.340 e. The van der Waals surface area contributed by atoms with Gasteiger partial charge in [-0.15, -0.1) is 11.3 Å². The summed E-state index contributed by atoms with van der Waals surface area (Å²) in [5, 5.41) is 5.06. The van der Waals surface area contributed by atoms with Crippen LogP contribution in [-0.2, 0) is 16.1 Å². The summed E-state index contributed by atoms with van der Waals surface area (Å²) < 4.78 is 17.7. The van der Waals surface area contributed by atoms with Crippen LogP contribution in [0.15, 0.2) is 35.7 Å². The van der Waals surface area contributed by atoms with Crippen molar-refractivity contribution in [2.75, 3.05) is 45.2 Å². The number of hydrogen-bond donors (Lipinski definition) is 1. The molecule has 3 rings (SSSR count). The Morgan fingerprint density at radius 3 is 2.44 bits per heavy atom. The lowest BCUT2D eigenvalue weighted by atomic mass is 10.2. The van der Waals surface area contributed by atoms with Gasteiger partial charge in [-0.25, -0.2) is 9.18 Å². The van der Waals surface area contributed by atoms with E-state index < -0.39 is 5.97 Å². The van der Waals surface area contributed by atoms with E-state index in [9.17, 15) is 14.0 Å². The molecule has 0 saturated carbocycles. The molecule has 0 atom stereocenters. The minimum Gasteiger partial charge on any atom is -0.465 e.